The number of hydrazine groups is 1. The van der Waals surface area contributed by atoms with E-state index in [0.717, 1.165) is 12.1 Å². The maximum Gasteiger partial charge on any atom is 0.433 e. The molecule has 2 N–H and O–H groups in total. The van der Waals surface area contributed by atoms with Gasteiger partial charge in [0.15, 0.2) is 0 Å². The number of carbonyl (C=O) groups is 2. The van der Waals surface area contributed by atoms with E-state index < -0.39 is 16.7 Å². The number of nitrogens with zero attached hydrogens (tertiary/aromatic N) is 1. The molecule has 0 aliphatic rings. The number of furan rings is 1. The van der Waals surface area contributed by atoms with Crippen LogP contribution in [-0.2, 0) is 4.79 Å². The van der Waals surface area contributed by atoms with Gasteiger partial charge in [-0.05, 0) is 6.07 Å². The van der Waals surface area contributed by atoms with Crippen LogP contribution in [-0.4, -0.2) is 17.2 Å². The van der Waals surface area contributed by atoms with Crippen LogP contribution in [0.4, 0.5) is 5.88 Å². The molecular formula is C6H5N3O5. The normalized spacial score (nSPS) is 9.14. The van der Waals surface area contributed by atoms with Gasteiger partial charge in [-0.3, -0.25) is 30.6 Å². The molecule has 1 aromatic rings. The number of hydrogen-bond acceptors (Lipinski definition) is 5. The molecule has 74 valence electrons. The van der Waals surface area contributed by atoms with Gasteiger partial charge in [0, 0.05) is 0 Å². The van der Waals surface area contributed by atoms with E-state index in [1.807, 2.05) is 10.9 Å². The SMILES string of the molecule is O=CNNC(=O)c1ccc([N+](=O)[O-])o1. The lowest BCUT2D eigenvalue weighted by molar-refractivity contribution is -0.402. The van der Waals surface area contributed by atoms with Crippen molar-refractivity contribution < 1.29 is 18.9 Å². The Labute approximate surface area is 77.0 Å². The van der Waals surface area contributed by atoms with Crippen LogP contribution in [0.1, 0.15) is 10.6 Å². The predicted octanol–water partition coefficient (Wildman–Crippen LogP) is -0.421. The van der Waals surface area contributed by atoms with E-state index in [-0.39, 0.29) is 12.2 Å². The molecule has 0 spiro atoms. The zero-order chi connectivity index (χ0) is 10.6. The first-order valence-corrected chi connectivity index (χ1v) is 3.39. The Kier molecular flexibility index (Phi) is 2.79. The van der Waals surface area contributed by atoms with Crippen molar-refractivity contribution in [1.29, 1.82) is 0 Å². The van der Waals surface area contributed by atoms with Crippen LogP contribution < -0.4 is 10.9 Å². The first-order chi connectivity index (χ1) is 6.65. The Hall–Kier alpha value is -2.38. The van der Waals surface area contributed by atoms with Crippen molar-refractivity contribution in [3.63, 3.8) is 0 Å². The Balaban J connectivity index is 2.71. The van der Waals surface area contributed by atoms with Crippen molar-refractivity contribution in [2.45, 2.75) is 0 Å². The van der Waals surface area contributed by atoms with Gasteiger partial charge >= 0.3 is 11.8 Å². The maximum absolute atomic E-state index is 11.0. The van der Waals surface area contributed by atoms with Gasteiger partial charge in [0.05, 0.1) is 6.07 Å². The minimum Gasteiger partial charge on any atom is -0.395 e. The van der Waals surface area contributed by atoms with Crippen molar-refractivity contribution in [2.75, 3.05) is 0 Å². The van der Waals surface area contributed by atoms with Crippen molar-refractivity contribution >= 4 is 18.2 Å². The molecule has 1 aromatic heterocycles. The van der Waals surface area contributed by atoms with E-state index in [1.165, 1.54) is 0 Å². The molecule has 0 saturated heterocycles. The zero-order valence-corrected chi connectivity index (χ0v) is 6.72. The van der Waals surface area contributed by atoms with Gasteiger partial charge in [-0.1, -0.05) is 0 Å². The average Bonchev–Trinajstić information content (AvgIpc) is 2.62. The number of nitrogens with one attached hydrogen (secondary N) is 2. The lowest BCUT2D eigenvalue weighted by Gasteiger charge is -1.97. The molecule has 0 radical (unpaired) electrons. The van der Waals surface area contributed by atoms with Gasteiger partial charge in [-0.15, -0.1) is 0 Å². The lowest BCUT2D eigenvalue weighted by atomic mass is 10.4. The summed E-state index contributed by atoms with van der Waals surface area (Å²) in [4.78, 5) is 30.2. The summed E-state index contributed by atoms with van der Waals surface area (Å²) < 4.78 is 4.54. The largest absolute Gasteiger partial charge is 0.433 e. The molecule has 8 nitrogen and oxygen atoms in total. The number of rotatable bonds is 4. The molecule has 8 heteroatoms. The van der Waals surface area contributed by atoms with Crippen LogP contribution >= 0.6 is 0 Å². The molecule has 0 unspecified atom stereocenters. The van der Waals surface area contributed by atoms with Gasteiger partial charge in [-0.2, -0.15) is 0 Å². The average molecular weight is 199 g/mol. The number of nitro groups is 1. The Morgan fingerprint density at radius 3 is 2.79 bits per heavy atom. The van der Waals surface area contributed by atoms with Gasteiger partial charge in [0.1, 0.15) is 4.92 Å². The lowest BCUT2D eigenvalue weighted by Crippen LogP contribution is -2.35. The quantitative estimate of drug-likeness (QED) is 0.388. The van der Waals surface area contributed by atoms with Crippen LogP contribution in [0.15, 0.2) is 16.5 Å². The third-order valence-electron chi connectivity index (χ3n) is 1.24. The van der Waals surface area contributed by atoms with Gasteiger partial charge in [0.2, 0.25) is 12.2 Å². The van der Waals surface area contributed by atoms with Crippen molar-refractivity contribution in [2.24, 2.45) is 0 Å². The summed E-state index contributed by atoms with van der Waals surface area (Å²) in [6.07, 6.45) is 0.245. The first-order valence-electron chi connectivity index (χ1n) is 3.39. The Morgan fingerprint density at radius 1 is 1.57 bits per heavy atom. The van der Waals surface area contributed by atoms with Crippen LogP contribution in [0.3, 0.4) is 0 Å². The monoisotopic (exact) mass is 199 g/mol. The van der Waals surface area contributed by atoms with Crippen molar-refractivity contribution in [3.05, 3.63) is 28.0 Å². The van der Waals surface area contributed by atoms with E-state index in [2.05, 4.69) is 4.42 Å². The topological polar surface area (TPSA) is 114 Å². The third kappa shape index (κ3) is 2.06. The summed E-state index contributed by atoms with van der Waals surface area (Å²) in [5.74, 6) is -1.57. The minimum absolute atomic E-state index is 0.245. The fourth-order valence-corrected chi connectivity index (χ4v) is 0.704. The van der Waals surface area contributed by atoms with Gasteiger partial charge in [-0.25, -0.2) is 0 Å². The van der Waals surface area contributed by atoms with Crippen LogP contribution in [0.5, 0.6) is 0 Å². The molecule has 0 aliphatic heterocycles. The van der Waals surface area contributed by atoms with Crippen LogP contribution in [0.2, 0.25) is 0 Å². The third-order valence-corrected chi connectivity index (χ3v) is 1.24. The summed E-state index contributed by atoms with van der Waals surface area (Å²) in [5.41, 5.74) is 3.80. The fourth-order valence-electron chi connectivity index (χ4n) is 0.704. The van der Waals surface area contributed by atoms with E-state index in [0.29, 0.717) is 0 Å². The van der Waals surface area contributed by atoms with Crippen LogP contribution in [0.25, 0.3) is 0 Å². The Bertz CT molecular complexity index is 371. The summed E-state index contributed by atoms with van der Waals surface area (Å²) >= 11 is 0. The molecule has 0 bridgehead atoms. The standard InChI is InChI=1S/C6H5N3O5/c10-3-7-8-6(11)4-1-2-5(14-4)9(12)13/h1-3H,(H,7,10)(H,8,11). The second-order valence-corrected chi connectivity index (χ2v) is 2.11. The molecule has 0 saturated carbocycles. The zero-order valence-electron chi connectivity index (χ0n) is 6.72. The molecule has 0 atom stereocenters. The first kappa shape index (κ1) is 9.71. The maximum atomic E-state index is 11.0. The molecule has 0 aliphatic carbocycles. The summed E-state index contributed by atoms with van der Waals surface area (Å²) in [6, 6.07) is 2.16. The van der Waals surface area contributed by atoms with E-state index in [4.69, 9.17) is 0 Å². The fraction of sp³-hybridized carbons (Fsp3) is 0. The van der Waals surface area contributed by atoms with Crippen molar-refractivity contribution in [3.8, 4) is 0 Å². The predicted molar refractivity (Wildman–Crippen MR) is 42.0 cm³/mol. The smallest absolute Gasteiger partial charge is 0.395 e. The molecule has 1 rings (SSSR count). The molecule has 14 heavy (non-hydrogen) atoms. The number of amides is 2. The molecule has 0 fully saturated rings. The van der Waals surface area contributed by atoms with Gasteiger partial charge < -0.3 is 4.42 Å². The summed E-state index contributed by atoms with van der Waals surface area (Å²) in [5, 5.41) is 10.2. The molecular weight excluding hydrogens is 194 g/mol. The van der Waals surface area contributed by atoms with E-state index in [9.17, 15) is 19.7 Å². The van der Waals surface area contributed by atoms with E-state index >= 15 is 0 Å². The Morgan fingerprint density at radius 2 is 2.29 bits per heavy atom. The minimum atomic E-state index is -0.774. The summed E-state index contributed by atoms with van der Waals surface area (Å²) in [6.45, 7) is 0. The highest BCUT2D eigenvalue weighted by Gasteiger charge is 2.16. The number of carbonyl (C=O) groups excluding carboxylic acids is 2. The van der Waals surface area contributed by atoms with Gasteiger partial charge in [0.25, 0.3) is 0 Å². The number of hydrogen-bond donors (Lipinski definition) is 2. The highest BCUT2D eigenvalue weighted by molar-refractivity contribution is 5.91. The second-order valence-electron chi connectivity index (χ2n) is 2.11. The highest BCUT2D eigenvalue weighted by Crippen LogP contribution is 2.14. The molecule has 2 amide bonds. The molecule has 0 aromatic carbocycles. The highest BCUT2D eigenvalue weighted by atomic mass is 16.6. The van der Waals surface area contributed by atoms with Crippen LogP contribution in [0, 0.1) is 10.1 Å². The van der Waals surface area contributed by atoms with Crippen molar-refractivity contribution in [1.82, 2.24) is 10.9 Å². The van der Waals surface area contributed by atoms with E-state index in [1.54, 1.807) is 0 Å². The molecule has 1 heterocycles. The summed E-state index contributed by atoms with van der Waals surface area (Å²) in [7, 11) is 0. The second kappa shape index (κ2) is 4.03.